The Labute approximate surface area is 247 Å². The zero-order chi connectivity index (χ0) is 32.9. The Morgan fingerprint density at radius 3 is 2.30 bits per heavy atom. The lowest BCUT2D eigenvalue weighted by Gasteiger charge is -2.41. The molecular formula is C27H30F6N6O5. The van der Waals surface area contributed by atoms with Crippen LogP contribution in [0, 0.1) is 11.6 Å². The number of nitrogens with one attached hydrogen (secondary N) is 2. The highest BCUT2D eigenvalue weighted by Gasteiger charge is 2.45. The van der Waals surface area contributed by atoms with Crippen molar-refractivity contribution < 1.29 is 50.5 Å². The summed E-state index contributed by atoms with van der Waals surface area (Å²) in [7, 11) is 0. The van der Waals surface area contributed by atoms with Crippen molar-refractivity contribution in [3.05, 3.63) is 72.3 Å². The van der Waals surface area contributed by atoms with Gasteiger partial charge in [-0.2, -0.15) is 13.9 Å². The Kier molecular flexibility index (Phi) is 10.3. The largest absolute Gasteiger partial charge is 0.487 e. The Morgan fingerprint density at radius 1 is 1.09 bits per heavy atom. The molecule has 3 aromatic rings. The maximum atomic E-state index is 15.1. The van der Waals surface area contributed by atoms with Crippen LogP contribution < -0.4 is 15.5 Å². The molecule has 1 heterocycles. The molecule has 3 amide bonds. The summed E-state index contributed by atoms with van der Waals surface area (Å²) in [5.74, 6) is -6.70. The van der Waals surface area contributed by atoms with Crippen molar-refractivity contribution >= 4 is 17.8 Å². The van der Waals surface area contributed by atoms with Gasteiger partial charge < -0.3 is 19.9 Å². The van der Waals surface area contributed by atoms with Crippen molar-refractivity contribution in [3.8, 4) is 5.75 Å². The van der Waals surface area contributed by atoms with Crippen molar-refractivity contribution in [3.63, 3.8) is 0 Å². The highest BCUT2D eigenvalue weighted by Crippen LogP contribution is 2.33. The third-order valence-corrected chi connectivity index (χ3v) is 6.03. The second-order valence-electron chi connectivity index (χ2n) is 10.6. The molecule has 0 aliphatic rings. The minimum absolute atomic E-state index is 0.0129. The molecule has 2 atom stereocenters. The van der Waals surface area contributed by atoms with Crippen LogP contribution in [0.25, 0.3) is 0 Å². The van der Waals surface area contributed by atoms with Gasteiger partial charge >= 0.3 is 24.5 Å². The van der Waals surface area contributed by atoms with Crippen molar-refractivity contribution in [2.45, 2.75) is 63.8 Å². The minimum Gasteiger partial charge on any atom is -0.487 e. The fraction of sp³-hybridized carbons (Fsp3) is 0.407. The van der Waals surface area contributed by atoms with E-state index in [2.05, 4.69) is 20.8 Å². The van der Waals surface area contributed by atoms with Crippen molar-refractivity contribution in [2.24, 2.45) is 0 Å². The topological polar surface area (TPSA) is 131 Å². The van der Waals surface area contributed by atoms with Gasteiger partial charge in [-0.05, 0) is 58.0 Å². The Hall–Kier alpha value is -4.54. The number of carbonyl (C=O) groups is 2. The number of hydrazine groups is 1. The summed E-state index contributed by atoms with van der Waals surface area (Å²) in [5, 5.41) is 18.9. The monoisotopic (exact) mass is 632 g/mol. The van der Waals surface area contributed by atoms with Crippen LogP contribution in [-0.2, 0) is 16.9 Å². The molecule has 0 saturated heterocycles. The van der Waals surface area contributed by atoms with E-state index in [1.807, 2.05) is 0 Å². The zero-order valence-electron chi connectivity index (χ0n) is 23.9. The van der Waals surface area contributed by atoms with E-state index in [4.69, 9.17) is 9.47 Å². The van der Waals surface area contributed by atoms with Crippen LogP contribution in [0.4, 0.5) is 41.6 Å². The maximum absolute atomic E-state index is 15.1. The van der Waals surface area contributed by atoms with Crippen LogP contribution >= 0.6 is 0 Å². The summed E-state index contributed by atoms with van der Waals surface area (Å²) in [4.78, 5) is 30.0. The number of rotatable bonds is 10. The third kappa shape index (κ3) is 8.75. The van der Waals surface area contributed by atoms with Crippen LogP contribution in [0.15, 0.2) is 55.1 Å². The molecule has 3 rings (SSSR count). The lowest BCUT2D eigenvalue weighted by Crippen LogP contribution is -2.61. The van der Waals surface area contributed by atoms with Gasteiger partial charge in [0, 0.05) is 17.3 Å². The predicted octanol–water partition coefficient (Wildman–Crippen LogP) is 5.09. The van der Waals surface area contributed by atoms with E-state index in [9.17, 15) is 36.6 Å². The number of urea groups is 1. The van der Waals surface area contributed by atoms with Crippen molar-refractivity contribution in [1.29, 1.82) is 0 Å². The SMILES string of the molecule is CC(N(NC(=O)OC(C)(C)C)C(=O)Nc1ccc(OCC(F)(F)C(F)F)cc1)C(O)(Cn1cncn1)c1ccc(F)cc1F. The number of anilines is 1. The van der Waals surface area contributed by atoms with E-state index in [0.29, 0.717) is 11.1 Å². The molecule has 17 heteroatoms. The number of aliphatic hydroxyl groups is 1. The van der Waals surface area contributed by atoms with Crippen LogP contribution in [0.1, 0.15) is 33.3 Å². The molecule has 3 N–H and O–H groups in total. The van der Waals surface area contributed by atoms with Gasteiger partial charge in [-0.25, -0.2) is 47.3 Å². The number of amides is 3. The summed E-state index contributed by atoms with van der Waals surface area (Å²) < 4.78 is 91.1. The van der Waals surface area contributed by atoms with E-state index in [0.717, 1.165) is 35.3 Å². The smallest absolute Gasteiger partial charge is 0.426 e. The number of alkyl halides is 4. The molecule has 0 aliphatic heterocycles. The maximum Gasteiger partial charge on any atom is 0.426 e. The van der Waals surface area contributed by atoms with Crippen LogP contribution in [0.2, 0.25) is 0 Å². The number of hydrogen-bond acceptors (Lipinski definition) is 7. The highest BCUT2D eigenvalue weighted by atomic mass is 19.3. The summed E-state index contributed by atoms with van der Waals surface area (Å²) in [6.07, 6.45) is -2.73. The minimum atomic E-state index is -4.39. The quantitative estimate of drug-likeness (QED) is 0.210. The van der Waals surface area contributed by atoms with Crippen LogP contribution in [0.5, 0.6) is 5.75 Å². The number of nitrogens with zero attached hydrogens (tertiary/aromatic N) is 4. The van der Waals surface area contributed by atoms with E-state index in [1.54, 1.807) is 20.8 Å². The second kappa shape index (κ2) is 13.4. The van der Waals surface area contributed by atoms with Crippen LogP contribution in [-0.4, -0.2) is 67.6 Å². The van der Waals surface area contributed by atoms with Gasteiger partial charge in [0.1, 0.15) is 41.2 Å². The van der Waals surface area contributed by atoms with E-state index in [-0.39, 0.29) is 11.4 Å². The van der Waals surface area contributed by atoms with Gasteiger partial charge in [0.2, 0.25) is 0 Å². The molecule has 0 bridgehead atoms. The lowest BCUT2D eigenvalue weighted by atomic mass is 9.86. The first-order valence-corrected chi connectivity index (χ1v) is 12.9. The number of ether oxygens (including phenoxy) is 2. The van der Waals surface area contributed by atoms with E-state index in [1.165, 1.54) is 25.4 Å². The number of carbonyl (C=O) groups excluding carboxylic acids is 2. The summed E-state index contributed by atoms with van der Waals surface area (Å²) in [6.45, 7) is 3.80. The standard InChI is InChI=1S/C27H30F6N6O5/c1-16(26(42,12-38-15-34-14-35-38)20-10-5-17(28)11-21(20)29)39(37-24(41)44-25(2,3)4)23(40)36-18-6-8-19(9-7-18)43-13-27(32,33)22(30)31/h5-11,14-16,22,42H,12-13H2,1-4H3,(H,36,40)(H,37,41). The molecule has 2 aromatic carbocycles. The summed E-state index contributed by atoms with van der Waals surface area (Å²) >= 11 is 0. The average Bonchev–Trinajstić information content (AvgIpc) is 3.42. The number of aromatic nitrogens is 3. The second-order valence-corrected chi connectivity index (χ2v) is 10.6. The average molecular weight is 633 g/mol. The molecule has 0 fully saturated rings. The lowest BCUT2D eigenvalue weighted by molar-refractivity contribution is -0.148. The molecule has 2 unspecified atom stereocenters. The first kappa shape index (κ1) is 34.0. The number of benzene rings is 2. The van der Waals surface area contributed by atoms with Gasteiger partial charge in [0.25, 0.3) is 0 Å². The number of halogens is 6. The molecule has 0 saturated carbocycles. The Bertz CT molecular complexity index is 1420. The molecule has 0 radical (unpaired) electrons. The first-order chi connectivity index (χ1) is 20.4. The highest BCUT2D eigenvalue weighted by molar-refractivity contribution is 5.90. The fourth-order valence-corrected chi connectivity index (χ4v) is 3.84. The van der Waals surface area contributed by atoms with E-state index >= 15 is 4.39 Å². The van der Waals surface area contributed by atoms with Crippen LogP contribution in [0.3, 0.4) is 0 Å². The molecule has 44 heavy (non-hydrogen) atoms. The zero-order valence-corrected chi connectivity index (χ0v) is 23.9. The molecule has 0 spiro atoms. The van der Waals surface area contributed by atoms with Gasteiger partial charge in [-0.15, -0.1) is 0 Å². The summed E-state index contributed by atoms with van der Waals surface area (Å²) in [6, 6.07) is 4.36. The van der Waals surface area contributed by atoms with Crippen molar-refractivity contribution in [2.75, 3.05) is 11.9 Å². The van der Waals surface area contributed by atoms with Gasteiger partial charge in [-0.1, -0.05) is 6.07 Å². The summed E-state index contributed by atoms with van der Waals surface area (Å²) in [5.41, 5.74) is -1.63. The predicted molar refractivity (Wildman–Crippen MR) is 143 cm³/mol. The Morgan fingerprint density at radius 2 is 1.75 bits per heavy atom. The van der Waals surface area contributed by atoms with Gasteiger partial charge in [0.05, 0.1) is 12.6 Å². The molecule has 240 valence electrons. The van der Waals surface area contributed by atoms with Gasteiger partial charge in [0.15, 0.2) is 6.61 Å². The molecule has 0 aliphatic carbocycles. The third-order valence-electron chi connectivity index (χ3n) is 6.03. The van der Waals surface area contributed by atoms with E-state index < -0.39 is 72.1 Å². The number of hydrogen-bond donors (Lipinski definition) is 3. The first-order valence-electron chi connectivity index (χ1n) is 12.9. The fourth-order valence-electron chi connectivity index (χ4n) is 3.84. The Balaban J connectivity index is 1.94. The molecule has 11 nitrogen and oxygen atoms in total. The molecule has 1 aromatic heterocycles. The van der Waals surface area contributed by atoms with Crippen molar-refractivity contribution in [1.82, 2.24) is 25.2 Å². The normalized spacial score (nSPS) is 14.0. The molecular weight excluding hydrogens is 602 g/mol. The van der Waals surface area contributed by atoms with Gasteiger partial charge in [-0.3, -0.25) is 0 Å².